The highest BCUT2D eigenvalue weighted by Gasteiger charge is 2.16. The second kappa shape index (κ2) is 7.49. The minimum atomic E-state index is 0.181. The Morgan fingerprint density at radius 3 is 2.64 bits per heavy atom. The van der Waals surface area contributed by atoms with E-state index in [9.17, 15) is 5.11 Å². The van der Waals surface area contributed by atoms with Crippen LogP contribution in [-0.2, 0) is 4.74 Å². The Kier molecular flexibility index (Phi) is 5.14. The quantitative estimate of drug-likeness (QED) is 0.742. The molecule has 0 aliphatic rings. The lowest BCUT2D eigenvalue weighted by Crippen LogP contribution is -2.28. The van der Waals surface area contributed by atoms with E-state index in [1.54, 1.807) is 19.2 Å². The number of nitrogens with zero attached hydrogens (tertiary/aromatic N) is 3. The van der Waals surface area contributed by atoms with Gasteiger partial charge in [0.15, 0.2) is 5.82 Å². The summed E-state index contributed by atoms with van der Waals surface area (Å²) < 4.78 is 5.24. The number of phenolic OH excluding ortho intramolecular Hbond substituents is 1. The van der Waals surface area contributed by atoms with E-state index in [4.69, 9.17) is 14.7 Å². The summed E-state index contributed by atoms with van der Waals surface area (Å²) in [5.41, 5.74) is 2.65. The zero-order valence-electron chi connectivity index (χ0n) is 14.9. The molecular formula is C20H23N3O2. The number of likely N-dealkylation sites (N-methyl/N-ethyl adjacent to an activating group) is 1. The molecule has 1 N–H and O–H groups in total. The molecule has 0 aliphatic carbocycles. The summed E-state index contributed by atoms with van der Waals surface area (Å²) in [6, 6.07) is 13.3. The van der Waals surface area contributed by atoms with Crippen molar-refractivity contribution in [1.29, 1.82) is 0 Å². The van der Waals surface area contributed by atoms with Crippen molar-refractivity contribution >= 4 is 16.7 Å². The summed E-state index contributed by atoms with van der Waals surface area (Å²) in [6.07, 6.45) is 0. The van der Waals surface area contributed by atoms with E-state index in [2.05, 4.69) is 24.0 Å². The van der Waals surface area contributed by atoms with Gasteiger partial charge in [-0.2, -0.15) is 0 Å². The van der Waals surface area contributed by atoms with E-state index in [0.29, 0.717) is 18.0 Å². The predicted molar refractivity (Wildman–Crippen MR) is 101 cm³/mol. The zero-order valence-corrected chi connectivity index (χ0v) is 14.9. The summed E-state index contributed by atoms with van der Waals surface area (Å²) in [6.45, 7) is 6.31. The van der Waals surface area contributed by atoms with Crippen LogP contribution in [0, 0.1) is 6.92 Å². The van der Waals surface area contributed by atoms with E-state index >= 15 is 0 Å². The van der Waals surface area contributed by atoms with Gasteiger partial charge < -0.3 is 14.7 Å². The van der Waals surface area contributed by atoms with Crippen molar-refractivity contribution in [2.75, 3.05) is 31.7 Å². The van der Waals surface area contributed by atoms with Crippen molar-refractivity contribution in [2.45, 2.75) is 13.8 Å². The molecule has 0 amide bonds. The molecule has 3 rings (SSSR count). The molecule has 0 saturated heterocycles. The van der Waals surface area contributed by atoms with E-state index in [0.717, 1.165) is 35.4 Å². The van der Waals surface area contributed by atoms with Crippen molar-refractivity contribution < 1.29 is 9.84 Å². The van der Waals surface area contributed by atoms with Crippen molar-refractivity contribution in [3.05, 3.63) is 48.0 Å². The highest BCUT2D eigenvalue weighted by molar-refractivity contribution is 5.91. The van der Waals surface area contributed by atoms with Gasteiger partial charge in [0.1, 0.15) is 11.6 Å². The van der Waals surface area contributed by atoms with Gasteiger partial charge >= 0.3 is 0 Å². The van der Waals surface area contributed by atoms with Crippen LogP contribution in [0.5, 0.6) is 5.75 Å². The number of methoxy groups -OCH3 is 1. The first kappa shape index (κ1) is 17.2. The molecule has 25 heavy (non-hydrogen) atoms. The first-order chi connectivity index (χ1) is 12.1. The molecule has 2 aromatic carbocycles. The van der Waals surface area contributed by atoms with Crippen LogP contribution < -0.4 is 4.90 Å². The molecule has 0 bridgehead atoms. The second-order valence-electron chi connectivity index (χ2n) is 5.98. The Hall–Kier alpha value is -2.66. The summed E-state index contributed by atoms with van der Waals surface area (Å²) in [5, 5.41) is 11.2. The molecule has 5 heteroatoms. The molecule has 0 unspecified atom stereocenters. The summed E-state index contributed by atoms with van der Waals surface area (Å²) >= 11 is 0. The van der Waals surface area contributed by atoms with Gasteiger partial charge in [-0.3, -0.25) is 0 Å². The van der Waals surface area contributed by atoms with Gasteiger partial charge in [-0.05, 0) is 43.7 Å². The Balaban J connectivity index is 2.21. The standard InChI is InChI=1S/C20H23N3O2/c1-4-23(11-12-25-3)20-15-10-9-14(2)13-17(15)21-19(22-20)16-7-5-6-8-18(16)24/h5-10,13,24H,4,11-12H2,1-3H3. The largest absolute Gasteiger partial charge is 0.507 e. The molecular weight excluding hydrogens is 314 g/mol. The Labute approximate surface area is 147 Å². The number of para-hydroxylation sites is 1. The third-order valence-electron chi connectivity index (χ3n) is 4.22. The van der Waals surface area contributed by atoms with Crippen molar-refractivity contribution in [2.24, 2.45) is 0 Å². The minimum absolute atomic E-state index is 0.181. The maximum absolute atomic E-state index is 10.2. The number of hydrogen-bond acceptors (Lipinski definition) is 5. The highest BCUT2D eigenvalue weighted by Crippen LogP contribution is 2.31. The molecule has 0 aliphatic heterocycles. The number of rotatable bonds is 6. The van der Waals surface area contributed by atoms with Crippen LogP contribution in [-0.4, -0.2) is 41.9 Å². The summed E-state index contributed by atoms with van der Waals surface area (Å²) in [7, 11) is 1.70. The first-order valence-electron chi connectivity index (χ1n) is 8.44. The maximum atomic E-state index is 10.2. The van der Waals surface area contributed by atoms with Crippen molar-refractivity contribution in [1.82, 2.24) is 9.97 Å². The molecule has 0 atom stereocenters. The fraction of sp³-hybridized carbons (Fsp3) is 0.300. The molecule has 3 aromatic rings. The van der Waals surface area contributed by atoms with Crippen molar-refractivity contribution in [3.8, 4) is 17.1 Å². The Bertz CT molecular complexity index is 880. The third-order valence-corrected chi connectivity index (χ3v) is 4.22. The zero-order chi connectivity index (χ0) is 17.8. The molecule has 0 saturated carbocycles. The number of aromatic hydroxyl groups is 1. The topological polar surface area (TPSA) is 58.5 Å². The van der Waals surface area contributed by atoms with Crippen LogP contribution >= 0.6 is 0 Å². The predicted octanol–water partition coefficient (Wildman–Crippen LogP) is 3.78. The van der Waals surface area contributed by atoms with Gasteiger partial charge in [0, 0.05) is 25.6 Å². The number of anilines is 1. The van der Waals surface area contributed by atoms with Gasteiger partial charge in [0.2, 0.25) is 0 Å². The van der Waals surface area contributed by atoms with E-state index in [1.165, 1.54) is 0 Å². The maximum Gasteiger partial charge on any atom is 0.165 e. The fourth-order valence-corrected chi connectivity index (χ4v) is 2.86. The SMILES string of the molecule is CCN(CCOC)c1nc(-c2ccccc2O)nc2cc(C)ccc12. The van der Waals surface area contributed by atoms with Crippen LogP contribution in [0.1, 0.15) is 12.5 Å². The average molecular weight is 337 g/mol. The number of aromatic nitrogens is 2. The van der Waals surface area contributed by atoms with Gasteiger partial charge in [-0.1, -0.05) is 18.2 Å². The number of benzene rings is 2. The molecule has 5 nitrogen and oxygen atoms in total. The fourth-order valence-electron chi connectivity index (χ4n) is 2.86. The highest BCUT2D eigenvalue weighted by atomic mass is 16.5. The van der Waals surface area contributed by atoms with Gasteiger partial charge in [-0.25, -0.2) is 9.97 Å². The number of aryl methyl sites for hydroxylation is 1. The van der Waals surface area contributed by atoms with Crippen molar-refractivity contribution in [3.63, 3.8) is 0 Å². The smallest absolute Gasteiger partial charge is 0.165 e. The van der Waals surface area contributed by atoms with Crippen LogP contribution in [0.15, 0.2) is 42.5 Å². The minimum Gasteiger partial charge on any atom is -0.507 e. The molecule has 130 valence electrons. The normalized spacial score (nSPS) is 11.0. The number of phenols is 1. The average Bonchev–Trinajstić information content (AvgIpc) is 2.62. The number of fused-ring (bicyclic) bond motifs is 1. The lowest BCUT2D eigenvalue weighted by atomic mass is 10.1. The van der Waals surface area contributed by atoms with Gasteiger partial charge in [-0.15, -0.1) is 0 Å². The molecule has 0 fully saturated rings. The Morgan fingerprint density at radius 2 is 1.92 bits per heavy atom. The van der Waals surface area contributed by atoms with Gasteiger partial charge in [0.05, 0.1) is 17.7 Å². The van der Waals surface area contributed by atoms with E-state index in [1.807, 2.05) is 25.1 Å². The van der Waals surface area contributed by atoms with Gasteiger partial charge in [0.25, 0.3) is 0 Å². The molecule has 1 aromatic heterocycles. The lowest BCUT2D eigenvalue weighted by Gasteiger charge is -2.23. The third kappa shape index (κ3) is 3.56. The monoisotopic (exact) mass is 337 g/mol. The van der Waals surface area contributed by atoms with Crippen LogP contribution in [0.2, 0.25) is 0 Å². The van der Waals surface area contributed by atoms with Crippen LogP contribution in [0.4, 0.5) is 5.82 Å². The Morgan fingerprint density at radius 1 is 1.12 bits per heavy atom. The number of hydrogen-bond donors (Lipinski definition) is 1. The molecule has 0 radical (unpaired) electrons. The second-order valence-corrected chi connectivity index (χ2v) is 5.98. The first-order valence-corrected chi connectivity index (χ1v) is 8.44. The summed E-state index contributed by atoms with van der Waals surface area (Å²) in [4.78, 5) is 11.7. The lowest BCUT2D eigenvalue weighted by molar-refractivity contribution is 0.205. The van der Waals surface area contributed by atoms with E-state index in [-0.39, 0.29) is 5.75 Å². The van der Waals surface area contributed by atoms with Crippen LogP contribution in [0.25, 0.3) is 22.3 Å². The summed E-state index contributed by atoms with van der Waals surface area (Å²) in [5.74, 6) is 1.57. The molecule has 0 spiro atoms. The van der Waals surface area contributed by atoms with E-state index < -0.39 is 0 Å². The van der Waals surface area contributed by atoms with Crippen LogP contribution in [0.3, 0.4) is 0 Å². The molecule has 1 heterocycles. The number of ether oxygens (including phenoxy) is 1.